The van der Waals surface area contributed by atoms with Crippen LogP contribution >= 0.6 is 11.6 Å². The van der Waals surface area contributed by atoms with Crippen molar-refractivity contribution < 1.29 is 14.6 Å². The molecule has 0 radical (unpaired) electrons. The lowest BCUT2D eigenvalue weighted by atomic mass is 10.3. The second-order valence-electron chi connectivity index (χ2n) is 3.53. The number of benzene rings is 1. The number of aliphatic hydroxyl groups is 1. The normalized spacial score (nSPS) is 10.0. The minimum Gasteiger partial charge on any atom is -0.484 e. The van der Waals surface area contributed by atoms with Gasteiger partial charge in [0.15, 0.2) is 6.61 Å². The Kier molecular flexibility index (Phi) is 6.43. The molecule has 1 amide bonds. The first-order valence-corrected chi connectivity index (χ1v) is 5.86. The molecule has 0 saturated carbocycles. The molecular formula is C12H16ClNO3. The quantitative estimate of drug-likeness (QED) is 0.730. The van der Waals surface area contributed by atoms with Gasteiger partial charge in [-0.25, -0.2) is 0 Å². The summed E-state index contributed by atoms with van der Waals surface area (Å²) in [6, 6.07) is 6.89. The van der Waals surface area contributed by atoms with Crippen LogP contribution in [-0.2, 0) is 4.79 Å². The lowest BCUT2D eigenvalue weighted by molar-refractivity contribution is -0.123. The highest BCUT2D eigenvalue weighted by Crippen LogP contribution is 2.16. The van der Waals surface area contributed by atoms with Crippen molar-refractivity contribution in [2.75, 3.05) is 19.8 Å². The molecule has 0 aliphatic heterocycles. The molecule has 0 spiro atoms. The lowest BCUT2D eigenvalue weighted by Crippen LogP contribution is -2.29. The summed E-state index contributed by atoms with van der Waals surface area (Å²) in [5, 5.41) is 11.8. The fourth-order valence-electron chi connectivity index (χ4n) is 1.22. The SMILES string of the molecule is O=C(COc1cccc(Cl)c1)NCCCCO. The minimum atomic E-state index is -0.178. The molecule has 1 aromatic rings. The minimum absolute atomic E-state index is 0.0283. The monoisotopic (exact) mass is 257 g/mol. The smallest absolute Gasteiger partial charge is 0.257 e. The number of nitrogens with one attached hydrogen (secondary N) is 1. The van der Waals surface area contributed by atoms with Gasteiger partial charge in [-0.15, -0.1) is 0 Å². The number of ether oxygens (including phenoxy) is 1. The highest BCUT2D eigenvalue weighted by molar-refractivity contribution is 6.30. The first-order valence-electron chi connectivity index (χ1n) is 5.48. The Morgan fingerprint density at radius 2 is 2.24 bits per heavy atom. The summed E-state index contributed by atoms with van der Waals surface area (Å²) in [4.78, 5) is 11.3. The van der Waals surface area contributed by atoms with Gasteiger partial charge in [0.1, 0.15) is 5.75 Å². The molecule has 5 heteroatoms. The van der Waals surface area contributed by atoms with Crippen LogP contribution in [0.2, 0.25) is 5.02 Å². The summed E-state index contributed by atoms with van der Waals surface area (Å²) in [7, 11) is 0. The average Bonchev–Trinajstić information content (AvgIpc) is 2.32. The topological polar surface area (TPSA) is 58.6 Å². The predicted molar refractivity (Wildman–Crippen MR) is 66.3 cm³/mol. The maximum atomic E-state index is 11.3. The Bertz CT molecular complexity index is 357. The van der Waals surface area contributed by atoms with Crippen LogP contribution in [0, 0.1) is 0 Å². The van der Waals surface area contributed by atoms with E-state index in [1.165, 1.54) is 0 Å². The molecule has 94 valence electrons. The van der Waals surface area contributed by atoms with Gasteiger partial charge in [-0.05, 0) is 31.0 Å². The molecule has 0 bridgehead atoms. The van der Waals surface area contributed by atoms with Crippen molar-refractivity contribution in [2.45, 2.75) is 12.8 Å². The molecule has 0 heterocycles. The largest absolute Gasteiger partial charge is 0.484 e. The van der Waals surface area contributed by atoms with Gasteiger partial charge in [-0.1, -0.05) is 17.7 Å². The van der Waals surface area contributed by atoms with E-state index in [4.69, 9.17) is 21.4 Å². The molecule has 0 aliphatic carbocycles. The number of unbranched alkanes of at least 4 members (excludes halogenated alkanes) is 1. The Hall–Kier alpha value is -1.26. The van der Waals surface area contributed by atoms with Gasteiger partial charge < -0.3 is 15.2 Å². The molecule has 0 aromatic heterocycles. The van der Waals surface area contributed by atoms with Gasteiger partial charge in [0.2, 0.25) is 0 Å². The third kappa shape index (κ3) is 6.14. The zero-order valence-corrected chi connectivity index (χ0v) is 10.2. The first kappa shape index (κ1) is 13.8. The maximum Gasteiger partial charge on any atom is 0.257 e. The predicted octanol–water partition coefficient (Wildman–Crippen LogP) is 1.61. The highest BCUT2D eigenvalue weighted by Gasteiger charge is 2.02. The molecule has 1 aromatic carbocycles. The summed E-state index contributed by atoms with van der Waals surface area (Å²) in [6.07, 6.45) is 1.45. The number of rotatable bonds is 7. The number of carbonyl (C=O) groups excluding carboxylic acids is 1. The van der Waals surface area contributed by atoms with E-state index in [0.29, 0.717) is 23.7 Å². The van der Waals surface area contributed by atoms with E-state index >= 15 is 0 Å². The molecule has 0 saturated heterocycles. The average molecular weight is 258 g/mol. The van der Waals surface area contributed by atoms with Crippen LogP contribution in [0.25, 0.3) is 0 Å². The second kappa shape index (κ2) is 7.92. The molecule has 0 atom stereocenters. The Balaban J connectivity index is 2.19. The number of hydrogen-bond acceptors (Lipinski definition) is 3. The molecular weight excluding hydrogens is 242 g/mol. The van der Waals surface area contributed by atoms with Gasteiger partial charge in [-0.2, -0.15) is 0 Å². The van der Waals surface area contributed by atoms with Crippen molar-refractivity contribution in [3.05, 3.63) is 29.3 Å². The summed E-state index contributed by atoms with van der Waals surface area (Å²) in [5.74, 6) is 0.394. The van der Waals surface area contributed by atoms with Crippen LogP contribution in [0.4, 0.5) is 0 Å². The van der Waals surface area contributed by atoms with Crippen molar-refractivity contribution in [1.82, 2.24) is 5.32 Å². The van der Waals surface area contributed by atoms with Gasteiger partial charge in [0.25, 0.3) is 5.91 Å². The van der Waals surface area contributed by atoms with E-state index in [1.807, 2.05) is 0 Å². The Morgan fingerprint density at radius 3 is 2.94 bits per heavy atom. The highest BCUT2D eigenvalue weighted by atomic mass is 35.5. The Morgan fingerprint density at radius 1 is 1.41 bits per heavy atom. The van der Waals surface area contributed by atoms with Crippen molar-refractivity contribution in [3.63, 3.8) is 0 Å². The lowest BCUT2D eigenvalue weighted by Gasteiger charge is -2.07. The van der Waals surface area contributed by atoms with E-state index in [9.17, 15) is 4.79 Å². The van der Waals surface area contributed by atoms with E-state index in [2.05, 4.69) is 5.32 Å². The number of halogens is 1. The van der Waals surface area contributed by atoms with E-state index in [1.54, 1.807) is 24.3 Å². The number of hydrogen-bond donors (Lipinski definition) is 2. The van der Waals surface area contributed by atoms with Crippen LogP contribution < -0.4 is 10.1 Å². The van der Waals surface area contributed by atoms with Crippen LogP contribution in [0.5, 0.6) is 5.75 Å². The summed E-state index contributed by atoms with van der Waals surface area (Å²) in [6.45, 7) is 0.673. The fourth-order valence-corrected chi connectivity index (χ4v) is 1.40. The zero-order valence-electron chi connectivity index (χ0n) is 9.49. The van der Waals surface area contributed by atoms with E-state index < -0.39 is 0 Å². The number of aliphatic hydroxyl groups excluding tert-OH is 1. The van der Waals surface area contributed by atoms with Gasteiger partial charge in [0, 0.05) is 18.2 Å². The zero-order chi connectivity index (χ0) is 12.5. The van der Waals surface area contributed by atoms with Crippen molar-refractivity contribution in [3.8, 4) is 5.75 Å². The number of carbonyl (C=O) groups is 1. The molecule has 17 heavy (non-hydrogen) atoms. The summed E-state index contributed by atoms with van der Waals surface area (Å²) >= 11 is 5.77. The third-order valence-electron chi connectivity index (χ3n) is 2.07. The summed E-state index contributed by atoms with van der Waals surface area (Å²) in [5.41, 5.74) is 0. The van der Waals surface area contributed by atoms with Gasteiger partial charge in [0.05, 0.1) is 0 Å². The van der Waals surface area contributed by atoms with Crippen molar-refractivity contribution >= 4 is 17.5 Å². The first-order chi connectivity index (χ1) is 8.22. The second-order valence-corrected chi connectivity index (χ2v) is 3.96. The van der Waals surface area contributed by atoms with Crippen LogP contribution in [0.3, 0.4) is 0 Å². The van der Waals surface area contributed by atoms with E-state index in [-0.39, 0.29) is 19.1 Å². The molecule has 1 rings (SSSR count). The molecule has 0 unspecified atom stereocenters. The van der Waals surface area contributed by atoms with Crippen LogP contribution in [0.1, 0.15) is 12.8 Å². The summed E-state index contributed by atoms with van der Waals surface area (Å²) < 4.78 is 5.26. The van der Waals surface area contributed by atoms with Gasteiger partial charge in [-0.3, -0.25) is 4.79 Å². The van der Waals surface area contributed by atoms with Crippen LogP contribution in [-0.4, -0.2) is 30.8 Å². The van der Waals surface area contributed by atoms with Gasteiger partial charge >= 0.3 is 0 Å². The standard InChI is InChI=1S/C12H16ClNO3/c13-10-4-3-5-11(8-10)17-9-12(16)14-6-1-2-7-15/h3-5,8,15H,1-2,6-7,9H2,(H,14,16). The molecule has 4 nitrogen and oxygen atoms in total. The van der Waals surface area contributed by atoms with Crippen molar-refractivity contribution in [1.29, 1.82) is 0 Å². The maximum absolute atomic E-state index is 11.3. The fraction of sp³-hybridized carbons (Fsp3) is 0.417. The molecule has 2 N–H and O–H groups in total. The third-order valence-corrected chi connectivity index (χ3v) is 2.31. The van der Waals surface area contributed by atoms with E-state index in [0.717, 1.165) is 6.42 Å². The van der Waals surface area contributed by atoms with Crippen LogP contribution in [0.15, 0.2) is 24.3 Å². The van der Waals surface area contributed by atoms with Crippen molar-refractivity contribution in [2.24, 2.45) is 0 Å². The molecule has 0 aliphatic rings. The molecule has 0 fully saturated rings. The Labute approximate surface area is 106 Å². The number of amides is 1.